The summed E-state index contributed by atoms with van der Waals surface area (Å²) in [6, 6.07) is 13.1. The number of halogens is 1. The van der Waals surface area contributed by atoms with Gasteiger partial charge < -0.3 is 36.7 Å². The number of aromatic nitrogens is 2. The van der Waals surface area contributed by atoms with E-state index in [0.717, 1.165) is 10.8 Å². The lowest BCUT2D eigenvalue weighted by Crippen LogP contribution is -2.40. The van der Waals surface area contributed by atoms with E-state index in [0.29, 0.717) is 5.75 Å². The molecule has 1 aromatic heterocycles. The quantitative estimate of drug-likeness (QED) is 0.150. The Balaban J connectivity index is 1.53. The van der Waals surface area contributed by atoms with Crippen LogP contribution < -0.4 is 26.8 Å². The van der Waals surface area contributed by atoms with Crippen molar-refractivity contribution in [2.24, 2.45) is 0 Å². The molecule has 0 spiro atoms. The van der Waals surface area contributed by atoms with Gasteiger partial charge in [-0.25, -0.2) is 19.6 Å². The number of fused-ring (bicyclic) bond motifs is 1. The van der Waals surface area contributed by atoms with E-state index in [1.165, 1.54) is 0 Å². The number of nitrogens with zero attached hydrogens (tertiary/aromatic N) is 2. The van der Waals surface area contributed by atoms with Gasteiger partial charge in [0, 0.05) is 25.0 Å². The van der Waals surface area contributed by atoms with Crippen LogP contribution in [0.15, 0.2) is 42.5 Å². The monoisotopic (exact) mass is 502 g/mol. The number of amides is 1. The highest BCUT2D eigenvalue weighted by molar-refractivity contribution is 6.31. The zero-order valence-electron chi connectivity index (χ0n) is 18.4. The lowest BCUT2D eigenvalue weighted by atomic mass is 10.1. The zero-order chi connectivity index (χ0) is 25.4. The molecule has 0 aliphatic carbocycles. The molecule has 0 saturated carbocycles. The van der Waals surface area contributed by atoms with Gasteiger partial charge in [0.05, 0.1) is 0 Å². The molecule has 0 aliphatic rings. The van der Waals surface area contributed by atoms with Gasteiger partial charge in [-0.3, -0.25) is 4.79 Å². The molecule has 2 aromatic carbocycles. The van der Waals surface area contributed by atoms with Gasteiger partial charge in [0.15, 0.2) is 22.5 Å². The van der Waals surface area contributed by atoms with Crippen molar-refractivity contribution in [3.63, 3.8) is 0 Å². The molecular weight excluding hydrogens is 480 g/mol. The third-order valence-electron chi connectivity index (χ3n) is 4.70. The minimum absolute atomic E-state index is 0.0648. The molecular formula is C22H23ClN6O6. The fourth-order valence-electron chi connectivity index (χ4n) is 3.06. The fraction of sp³-hybridized carbons (Fsp3) is 0.227. The molecule has 1 atom stereocenters. The third-order valence-corrected chi connectivity index (χ3v) is 4.98. The number of nitrogen functional groups attached to an aromatic ring is 2. The SMILES string of the molecule is Nc1nc(N)c(C(=O)NCCNCC(COc2cccc3ccccc23)OC(=O)C(=O)O)nc1Cl. The van der Waals surface area contributed by atoms with Crippen molar-refractivity contribution in [2.45, 2.75) is 6.10 Å². The first-order valence-corrected chi connectivity index (χ1v) is 10.8. The van der Waals surface area contributed by atoms with Crippen LogP contribution in [0.3, 0.4) is 0 Å². The molecule has 12 nitrogen and oxygen atoms in total. The Bertz CT molecular complexity index is 1240. The molecule has 3 aromatic rings. The van der Waals surface area contributed by atoms with Crippen LogP contribution in [-0.2, 0) is 14.3 Å². The second-order valence-corrected chi connectivity index (χ2v) is 7.57. The maximum atomic E-state index is 12.2. The van der Waals surface area contributed by atoms with Crippen LogP contribution in [0.5, 0.6) is 5.75 Å². The van der Waals surface area contributed by atoms with E-state index in [1.807, 2.05) is 36.4 Å². The summed E-state index contributed by atoms with van der Waals surface area (Å²) in [5.41, 5.74) is 11.0. The average Bonchev–Trinajstić information content (AvgIpc) is 2.84. The first-order chi connectivity index (χ1) is 16.8. The smallest absolute Gasteiger partial charge is 0.417 e. The molecule has 1 amide bonds. The number of hydrogen-bond donors (Lipinski definition) is 5. The van der Waals surface area contributed by atoms with E-state index in [-0.39, 0.29) is 48.7 Å². The molecule has 0 aliphatic heterocycles. The van der Waals surface area contributed by atoms with Crippen molar-refractivity contribution in [2.75, 3.05) is 37.7 Å². The zero-order valence-corrected chi connectivity index (χ0v) is 19.1. The van der Waals surface area contributed by atoms with Crippen molar-refractivity contribution in [1.29, 1.82) is 0 Å². The second-order valence-electron chi connectivity index (χ2n) is 7.21. The summed E-state index contributed by atoms with van der Waals surface area (Å²) in [7, 11) is 0. The number of benzene rings is 2. The molecule has 0 saturated heterocycles. The molecule has 35 heavy (non-hydrogen) atoms. The average molecular weight is 503 g/mol. The number of hydrogen-bond acceptors (Lipinski definition) is 10. The maximum absolute atomic E-state index is 12.2. The van der Waals surface area contributed by atoms with E-state index in [4.69, 9.17) is 37.6 Å². The van der Waals surface area contributed by atoms with Crippen molar-refractivity contribution in [1.82, 2.24) is 20.6 Å². The van der Waals surface area contributed by atoms with E-state index < -0.39 is 23.9 Å². The molecule has 1 unspecified atom stereocenters. The van der Waals surface area contributed by atoms with Gasteiger partial charge >= 0.3 is 11.9 Å². The van der Waals surface area contributed by atoms with Crippen LogP contribution in [0.1, 0.15) is 10.5 Å². The number of rotatable bonds is 10. The molecule has 184 valence electrons. The number of anilines is 2. The highest BCUT2D eigenvalue weighted by Crippen LogP contribution is 2.25. The number of carbonyl (C=O) groups excluding carboxylic acids is 2. The number of esters is 1. The lowest BCUT2D eigenvalue weighted by Gasteiger charge is -2.19. The van der Waals surface area contributed by atoms with Crippen LogP contribution in [0, 0.1) is 0 Å². The van der Waals surface area contributed by atoms with Gasteiger partial charge in [0.2, 0.25) is 0 Å². The topological polar surface area (TPSA) is 192 Å². The van der Waals surface area contributed by atoms with E-state index in [9.17, 15) is 14.4 Å². The van der Waals surface area contributed by atoms with Gasteiger partial charge in [0.25, 0.3) is 5.91 Å². The van der Waals surface area contributed by atoms with Gasteiger partial charge in [-0.15, -0.1) is 0 Å². The number of nitrogens with two attached hydrogens (primary N) is 2. The third kappa shape index (κ3) is 6.91. The van der Waals surface area contributed by atoms with E-state index >= 15 is 0 Å². The minimum atomic E-state index is -1.71. The second kappa shape index (κ2) is 11.8. The van der Waals surface area contributed by atoms with Gasteiger partial charge in [0.1, 0.15) is 18.5 Å². The minimum Gasteiger partial charge on any atom is -0.489 e. The van der Waals surface area contributed by atoms with Crippen molar-refractivity contribution in [3.8, 4) is 5.75 Å². The Morgan fingerprint density at radius 2 is 1.77 bits per heavy atom. The van der Waals surface area contributed by atoms with E-state index in [1.54, 1.807) is 6.07 Å². The van der Waals surface area contributed by atoms with Gasteiger partial charge in [-0.05, 0) is 11.5 Å². The summed E-state index contributed by atoms with van der Waals surface area (Å²) in [5.74, 6) is -3.41. The number of carbonyl (C=O) groups is 3. The van der Waals surface area contributed by atoms with Crippen LogP contribution >= 0.6 is 11.6 Å². The lowest BCUT2D eigenvalue weighted by molar-refractivity contribution is -0.168. The van der Waals surface area contributed by atoms with Crippen LogP contribution in [0.25, 0.3) is 10.8 Å². The number of aliphatic carboxylic acids is 1. The number of nitrogens with one attached hydrogen (secondary N) is 2. The molecule has 7 N–H and O–H groups in total. The summed E-state index contributed by atoms with van der Waals surface area (Å²) in [6.07, 6.45) is -0.911. The number of carboxylic acid groups (broad SMARTS) is 1. The molecule has 3 rings (SSSR count). The summed E-state index contributed by atoms with van der Waals surface area (Å²) >= 11 is 5.78. The van der Waals surface area contributed by atoms with Gasteiger partial charge in [-0.2, -0.15) is 0 Å². The van der Waals surface area contributed by atoms with E-state index in [2.05, 4.69) is 20.6 Å². The molecule has 0 bridgehead atoms. The van der Waals surface area contributed by atoms with Crippen LogP contribution in [0.2, 0.25) is 5.15 Å². The molecule has 1 heterocycles. The van der Waals surface area contributed by atoms with Crippen molar-refractivity contribution in [3.05, 3.63) is 53.3 Å². The predicted octanol–water partition coefficient (Wildman–Crippen LogP) is 0.842. The normalized spacial score (nSPS) is 11.6. The van der Waals surface area contributed by atoms with Crippen LogP contribution in [-0.4, -0.2) is 65.3 Å². The largest absolute Gasteiger partial charge is 0.489 e. The maximum Gasteiger partial charge on any atom is 0.417 e. The standard InChI is InChI=1S/C22H23ClN6O6/c23-17-19(25)29-18(24)16(28-17)20(30)27-9-8-26-10-13(35-22(33)21(31)32)11-34-15-7-3-5-12-4-1-2-6-14(12)15/h1-7,13,26H,8-11H2,(H,27,30)(H,31,32)(H4,24,25,29). The summed E-state index contributed by atoms with van der Waals surface area (Å²) in [5, 5.41) is 16.1. The Morgan fingerprint density at radius 1 is 1.03 bits per heavy atom. The Hall–Kier alpha value is -4.16. The molecule has 0 fully saturated rings. The first kappa shape index (κ1) is 25.5. The summed E-state index contributed by atoms with van der Waals surface area (Å²) in [4.78, 5) is 42.3. The highest BCUT2D eigenvalue weighted by Gasteiger charge is 2.21. The number of carboxylic acids is 1. The fourth-order valence-corrected chi connectivity index (χ4v) is 3.19. The molecule has 0 radical (unpaired) electrons. The summed E-state index contributed by atoms with van der Waals surface area (Å²) < 4.78 is 10.8. The number of ether oxygens (including phenoxy) is 2. The van der Waals surface area contributed by atoms with Crippen LogP contribution in [0.4, 0.5) is 11.6 Å². The van der Waals surface area contributed by atoms with Gasteiger partial charge in [-0.1, -0.05) is 48.0 Å². The highest BCUT2D eigenvalue weighted by atomic mass is 35.5. The predicted molar refractivity (Wildman–Crippen MR) is 128 cm³/mol. The molecule has 13 heteroatoms. The Kier molecular flexibility index (Phi) is 8.59. The van der Waals surface area contributed by atoms with Crippen molar-refractivity contribution < 1.29 is 29.0 Å². The Morgan fingerprint density at radius 3 is 2.54 bits per heavy atom. The van der Waals surface area contributed by atoms with Crippen molar-refractivity contribution >= 4 is 51.9 Å². The summed E-state index contributed by atoms with van der Waals surface area (Å²) in [6.45, 7) is 0.362. The Labute approximate surface area is 204 Å². The first-order valence-electron chi connectivity index (χ1n) is 10.4.